The van der Waals surface area contributed by atoms with Gasteiger partial charge in [0.1, 0.15) is 12.4 Å². The molecular formula is C14H20ClNO. The highest BCUT2D eigenvalue weighted by Gasteiger charge is 2.02. The predicted octanol–water partition coefficient (Wildman–Crippen LogP) is 3.79. The number of hydrogen-bond donors (Lipinski definition) is 1. The van der Waals surface area contributed by atoms with Crippen LogP contribution in [0.2, 0.25) is 5.02 Å². The molecule has 0 amide bonds. The molecule has 1 rings (SSSR count). The van der Waals surface area contributed by atoms with E-state index in [0.717, 1.165) is 25.3 Å². The Bertz CT molecular complexity index is 363. The Kier molecular flexibility index (Phi) is 6.75. The molecule has 0 bridgehead atoms. The molecule has 1 N–H and O–H groups in total. The van der Waals surface area contributed by atoms with Gasteiger partial charge in [0.05, 0.1) is 5.02 Å². The van der Waals surface area contributed by atoms with E-state index in [0.29, 0.717) is 11.6 Å². The van der Waals surface area contributed by atoms with Crippen LogP contribution in [0.3, 0.4) is 0 Å². The summed E-state index contributed by atoms with van der Waals surface area (Å²) in [6, 6.07) is 5.92. The fourth-order valence-electron chi connectivity index (χ4n) is 1.41. The molecule has 0 aromatic heterocycles. The molecule has 17 heavy (non-hydrogen) atoms. The Hall–Kier alpha value is -0.990. The number of benzene rings is 1. The van der Waals surface area contributed by atoms with Gasteiger partial charge in [0, 0.05) is 6.54 Å². The molecule has 2 nitrogen and oxygen atoms in total. The predicted molar refractivity (Wildman–Crippen MR) is 73.8 cm³/mol. The van der Waals surface area contributed by atoms with E-state index in [2.05, 4.69) is 12.2 Å². The zero-order valence-corrected chi connectivity index (χ0v) is 11.3. The van der Waals surface area contributed by atoms with E-state index in [1.807, 2.05) is 37.3 Å². The average Bonchev–Trinajstić information content (AvgIpc) is 2.32. The monoisotopic (exact) mass is 253 g/mol. The van der Waals surface area contributed by atoms with Crippen molar-refractivity contribution in [2.24, 2.45) is 0 Å². The van der Waals surface area contributed by atoms with E-state index < -0.39 is 0 Å². The van der Waals surface area contributed by atoms with Crippen LogP contribution in [0.4, 0.5) is 0 Å². The molecule has 0 spiro atoms. The Balaban J connectivity index is 2.53. The zero-order chi connectivity index (χ0) is 12.5. The molecular weight excluding hydrogens is 234 g/mol. The minimum absolute atomic E-state index is 0.559. The standard InChI is InChI=1S/C14H20ClNO/c1-3-5-9-17-14-7-6-12(10-13(14)15)11-16-8-4-2/h3,5-7,10,16H,4,8-9,11H2,1-2H3. The summed E-state index contributed by atoms with van der Waals surface area (Å²) in [5, 5.41) is 4.01. The summed E-state index contributed by atoms with van der Waals surface area (Å²) in [5.41, 5.74) is 1.18. The van der Waals surface area contributed by atoms with Crippen molar-refractivity contribution in [1.29, 1.82) is 0 Å². The number of halogens is 1. The minimum atomic E-state index is 0.559. The first-order valence-electron chi connectivity index (χ1n) is 6.01. The van der Waals surface area contributed by atoms with E-state index in [1.54, 1.807) is 0 Å². The van der Waals surface area contributed by atoms with Gasteiger partial charge in [-0.15, -0.1) is 0 Å². The Labute approximate surface area is 109 Å². The molecule has 0 unspecified atom stereocenters. The molecule has 0 atom stereocenters. The molecule has 0 aliphatic heterocycles. The highest BCUT2D eigenvalue weighted by molar-refractivity contribution is 6.32. The molecule has 0 saturated heterocycles. The summed E-state index contributed by atoms with van der Waals surface area (Å²) >= 11 is 6.14. The summed E-state index contributed by atoms with van der Waals surface area (Å²) in [6.07, 6.45) is 5.04. The highest BCUT2D eigenvalue weighted by Crippen LogP contribution is 2.25. The Morgan fingerprint density at radius 1 is 1.41 bits per heavy atom. The van der Waals surface area contributed by atoms with Crippen molar-refractivity contribution in [3.63, 3.8) is 0 Å². The van der Waals surface area contributed by atoms with Gasteiger partial charge in [-0.25, -0.2) is 0 Å². The molecule has 1 aromatic rings. The quantitative estimate of drug-likeness (QED) is 0.590. The van der Waals surface area contributed by atoms with Gasteiger partial charge in [-0.3, -0.25) is 0 Å². The highest BCUT2D eigenvalue weighted by atomic mass is 35.5. The van der Waals surface area contributed by atoms with E-state index in [4.69, 9.17) is 16.3 Å². The second-order valence-electron chi connectivity index (χ2n) is 3.82. The minimum Gasteiger partial charge on any atom is -0.488 e. The lowest BCUT2D eigenvalue weighted by Gasteiger charge is -2.08. The van der Waals surface area contributed by atoms with Gasteiger partial charge in [-0.1, -0.05) is 36.7 Å². The van der Waals surface area contributed by atoms with Gasteiger partial charge in [0.2, 0.25) is 0 Å². The topological polar surface area (TPSA) is 21.3 Å². The fraction of sp³-hybridized carbons (Fsp3) is 0.429. The third-order valence-electron chi connectivity index (χ3n) is 2.32. The van der Waals surface area contributed by atoms with Gasteiger partial charge in [0.15, 0.2) is 0 Å². The molecule has 0 aliphatic carbocycles. The van der Waals surface area contributed by atoms with E-state index in [-0.39, 0.29) is 0 Å². The lowest BCUT2D eigenvalue weighted by Crippen LogP contribution is -2.13. The van der Waals surface area contributed by atoms with Gasteiger partial charge in [-0.05, 0) is 37.6 Å². The third kappa shape index (κ3) is 5.24. The first-order chi connectivity index (χ1) is 8.27. The van der Waals surface area contributed by atoms with Crippen molar-refractivity contribution in [2.75, 3.05) is 13.2 Å². The van der Waals surface area contributed by atoms with E-state index in [1.165, 1.54) is 5.56 Å². The summed E-state index contributed by atoms with van der Waals surface area (Å²) in [5.74, 6) is 0.740. The van der Waals surface area contributed by atoms with Crippen molar-refractivity contribution < 1.29 is 4.74 Å². The summed E-state index contributed by atoms with van der Waals surface area (Å²) in [6.45, 7) is 6.55. The zero-order valence-electron chi connectivity index (χ0n) is 10.5. The molecule has 0 saturated carbocycles. The van der Waals surface area contributed by atoms with E-state index >= 15 is 0 Å². The van der Waals surface area contributed by atoms with Crippen molar-refractivity contribution >= 4 is 11.6 Å². The third-order valence-corrected chi connectivity index (χ3v) is 2.62. The van der Waals surface area contributed by atoms with Crippen molar-refractivity contribution in [3.05, 3.63) is 40.9 Å². The maximum absolute atomic E-state index is 6.14. The summed E-state index contributed by atoms with van der Waals surface area (Å²) < 4.78 is 5.52. The van der Waals surface area contributed by atoms with Gasteiger partial charge < -0.3 is 10.1 Å². The normalized spacial score (nSPS) is 11.0. The maximum Gasteiger partial charge on any atom is 0.138 e. The van der Waals surface area contributed by atoms with Crippen LogP contribution < -0.4 is 10.1 Å². The van der Waals surface area contributed by atoms with Crippen LogP contribution in [-0.2, 0) is 6.54 Å². The number of ether oxygens (including phenoxy) is 1. The molecule has 0 radical (unpaired) electrons. The molecule has 3 heteroatoms. The van der Waals surface area contributed by atoms with Crippen LogP contribution in [-0.4, -0.2) is 13.2 Å². The van der Waals surface area contributed by atoms with Crippen LogP contribution in [0.1, 0.15) is 25.8 Å². The molecule has 1 aromatic carbocycles. The average molecular weight is 254 g/mol. The number of nitrogens with one attached hydrogen (secondary N) is 1. The number of rotatable bonds is 7. The van der Waals surface area contributed by atoms with Crippen molar-refractivity contribution in [3.8, 4) is 5.75 Å². The second kappa shape index (κ2) is 8.15. The van der Waals surface area contributed by atoms with Crippen LogP contribution in [0.5, 0.6) is 5.75 Å². The first kappa shape index (κ1) is 14.1. The smallest absolute Gasteiger partial charge is 0.138 e. The lowest BCUT2D eigenvalue weighted by atomic mass is 10.2. The molecule has 94 valence electrons. The Morgan fingerprint density at radius 2 is 2.24 bits per heavy atom. The lowest BCUT2D eigenvalue weighted by molar-refractivity contribution is 0.363. The van der Waals surface area contributed by atoms with Crippen molar-refractivity contribution in [1.82, 2.24) is 5.32 Å². The number of hydrogen-bond acceptors (Lipinski definition) is 2. The van der Waals surface area contributed by atoms with Crippen LogP contribution in [0.25, 0.3) is 0 Å². The second-order valence-corrected chi connectivity index (χ2v) is 4.23. The van der Waals surface area contributed by atoms with E-state index in [9.17, 15) is 0 Å². The molecule has 0 heterocycles. The fourth-order valence-corrected chi connectivity index (χ4v) is 1.67. The molecule has 0 aliphatic rings. The summed E-state index contributed by atoms with van der Waals surface area (Å²) in [7, 11) is 0. The van der Waals surface area contributed by atoms with Crippen LogP contribution in [0.15, 0.2) is 30.4 Å². The van der Waals surface area contributed by atoms with Crippen LogP contribution in [0, 0.1) is 0 Å². The SMILES string of the molecule is CC=CCOc1ccc(CNCCC)cc1Cl. The largest absolute Gasteiger partial charge is 0.488 e. The summed E-state index contributed by atoms with van der Waals surface area (Å²) in [4.78, 5) is 0. The first-order valence-corrected chi connectivity index (χ1v) is 6.38. The van der Waals surface area contributed by atoms with Gasteiger partial charge >= 0.3 is 0 Å². The van der Waals surface area contributed by atoms with Crippen molar-refractivity contribution in [2.45, 2.75) is 26.8 Å². The Morgan fingerprint density at radius 3 is 2.88 bits per heavy atom. The van der Waals surface area contributed by atoms with Gasteiger partial charge in [0.25, 0.3) is 0 Å². The maximum atomic E-state index is 6.14. The number of allylic oxidation sites excluding steroid dienone is 1. The van der Waals surface area contributed by atoms with Crippen LogP contribution >= 0.6 is 11.6 Å². The molecule has 0 fully saturated rings. The van der Waals surface area contributed by atoms with Gasteiger partial charge in [-0.2, -0.15) is 0 Å².